The van der Waals surface area contributed by atoms with Crippen molar-refractivity contribution in [3.05, 3.63) is 69.3 Å². The highest BCUT2D eigenvalue weighted by Crippen LogP contribution is 2.27. The largest absolute Gasteiger partial charge is 0.467 e. The van der Waals surface area contributed by atoms with Crippen LogP contribution >= 0.6 is 22.6 Å². The Hall–Kier alpha value is -2.95. The quantitative estimate of drug-likeness (QED) is 0.275. The van der Waals surface area contributed by atoms with E-state index in [0.717, 1.165) is 15.6 Å². The van der Waals surface area contributed by atoms with Crippen molar-refractivity contribution >= 4 is 46.3 Å². The topological polar surface area (TPSA) is 105 Å². The van der Waals surface area contributed by atoms with Crippen molar-refractivity contribution in [1.29, 1.82) is 0 Å². The number of methoxy groups -OCH3 is 1. The van der Waals surface area contributed by atoms with Gasteiger partial charge in [-0.25, -0.2) is 4.79 Å². The molecular formula is C31H40IN3O5. The second-order valence-corrected chi connectivity index (χ2v) is 12.6. The minimum atomic E-state index is -1.09. The molecule has 216 valence electrons. The van der Waals surface area contributed by atoms with Crippen molar-refractivity contribution in [2.75, 3.05) is 13.7 Å². The molecule has 0 aromatic heterocycles. The number of amides is 3. The lowest BCUT2D eigenvalue weighted by molar-refractivity contribution is -0.147. The number of carbonyl (C=O) groups is 4. The Labute approximate surface area is 250 Å². The molecule has 1 fully saturated rings. The number of benzene rings is 2. The molecule has 0 saturated carbocycles. The maximum Gasteiger partial charge on any atom is 0.328 e. The van der Waals surface area contributed by atoms with Gasteiger partial charge in [-0.1, -0.05) is 44.2 Å². The monoisotopic (exact) mass is 661 g/mol. The minimum Gasteiger partial charge on any atom is -0.467 e. The summed E-state index contributed by atoms with van der Waals surface area (Å²) < 4.78 is 5.96. The zero-order valence-electron chi connectivity index (χ0n) is 23.9. The Morgan fingerprint density at radius 2 is 1.68 bits per heavy atom. The first kappa shape index (κ1) is 31.6. The van der Waals surface area contributed by atoms with E-state index >= 15 is 0 Å². The third kappa shape index (κ3) is 8.05. The summed E-state index contributed by atoms with van der Waals surface area (Å²) in [5.41, 5.74) is 0.413. The summed E-state index contributed by atoms with van der Waals surface area (Å²) in [7, 11) is 1.30. The Bertz CT molecular complexity index is 1180. The van der Waals surface area contributed by atoms with Crippen molar-refractivity contribution in [2.45, 2.75) is 71.5 Å². The molecule has 0 bridgehead atoms. The van der Waals surface area contributed by atoms with Crippen molar-refractivity contribution in [2.24, 2.45) is 11.3 Å². The molecule has 1 aliphatic heterocycles. The molecule has 1 aliphatic rings. The zero-order valence-corrected chi connectivity index (χ0v) is 26.1. The number of carbonyl (C=O) groups excluding carboxylic acids is 4. The number of likely N-dealkylation sites (tertiary alicyclic amines) is 1. The predicted molar refractivity (Wildman–Crippen MR) is 162 cm³/mol. The fourth-order valence-corrected chi connectivity index (χ4v) is 5.33. The van der Waals surface area contributed by atoms with E-state index in [0.29, 0.717) is 31.4 Å². The lowest BCUT2D eigenvalue weighted by Crippen LogP contribution is -2.58. The molecule has 8 nitrogen and oxygen atoms in total. The molecule has 3 rings (SSSR count). The van der Waals surface area contributed by atoms with E-state index in [9.17, 15) is 19.2 Å². The normalized spacial score (nSPS) is 16.8. The second kappa shape index (κ2) is 14.1. The van der Waals surface area contributed by atoms with Crippen LogP contribution in [0.25, 0.3) is 0 Å². The molecule has 40 heavy (non-hydrogen) atoms. The van der Waals surface area contributed by atoms with Crippen LogP contribution in [0.2, 0.25) is 0 Å². The third-order valence-electron chi connectivity index (χ3n) is 7.46. The first-order valence-corrected chi connectivity index (χ1v) is 14.8. The average molecular weight is 662 g/mol. The number of halogens is 1. The Morgan fingerprint density at radius 3 is 2.27 bits per heavy atom. The number of nitrogens with one attached hydrogen (secondary N) is 2. The van der Waals surface area contributed by atoms with E-state index in [1.54, 1.807) is 30.9 Å². The number of hydrogen-bond donors (Lipinski definition) is 2. The zero-order chi connectivity index (χ0) is 29.4. The van der Waals surface area contributed by atoms with Gasteiger partial charge in [-0.2, -0.15) is 0 Å². The van der Waals surface area contributed by atoms with Gasteiger partial charge in [-0.05, 0) is 97.9 Å². The maximum atomic E-state index is 13.7. The summed E-state index contributed by atoms with van der Waals surface area (Å²) in [6.07, 6.45) is 2.10. The van der Waals surface area contributed by atoms with E-state index in [1.165, 1.54) is 7.11 Å². The van der Waals surface area contributed by atoms with Crippen molar-refractivity contribution < 1.29 is 23.9 Å². The summed E-state index contributed by atoms with van der Waals surface area (Å²) in [5.74, 6) is -1.17. The van der Waals surface area contributed by atoms with Crippen molar-refractivity contribution in [3.63, 3.8) is 0 Å². The second-order valence-electron chi connectivity index (χ2n) is 11.3. The number of hydrogen-bond acceptors (Lipinski definition) is 5. The summed E-state index contributed by atoms with van der Waals surface area (Å²) in [4.78, 5) is 54.7. The van der Waals surface area contributed by atoms with E-state index in [4.69, 9.17) is 4.74 Å². The van der Waals surface area contributed by atoms with E-state index in [2.05, 4.69) is 33.2 Å². The minimum absolute atomic E-state index is 0.159. The van der Waals surface area contributed by atoms with Crippen molar-refractivity contribution in [3.8, 4) is 0 Å². The van der Waals surface area contributed by atoms with Crippen LogP contribution in [0.5, 0.6) is 0 Å². The molecule has 3 amide bonds. The molecule has 2 aromatic carbocycles. The van der Waals surface area contributed by atoms with Gasteiger partial charge in [0.25, 0.3) is 5.91 Å². The Kier molecular flexibility index (Phi) is 11.1. The van der Waals surface area contributed by atoms with Gasteiger partial charge in [-0.3, -0.25) is 14.4 Å². The van der Waals surface area contributed by atoms with Gasteiger partial charge in [0, 0.05) is 21.7 Å². The Balaban J connectivity index is 1.84. The number of esters is 1. The number of ether oxygens (including phenoxy) is 1. The molecular weight excluding hydrogens is 621 g/mol. The summed E-state index contributed by atoms with van der Waals surface area (Å²) in [6.45, 7) is 7.96. The summed E-state index contributed by atoms with van der Waals surface area (Å²) in [6, 6.07) is 14.9. The van der Waals surface area contributed by atoms with Gasteiger partial charge in [0.2, 0.25) is 11.8 Å². The molecule has 1 heterocycles. The highest BCUT2D eigenvalue weighted by atomic mass is 127. The summed E-state index contributed by atoms with van der Waals surface area (Å²) in [5, 5.41) is 5.99. The van der Waals surface area contributed by atoms with Gasteiger partial charge in [0.05, 0.1) is 12.5 Å². The van der Waals surface area contributed by atoms with Crippen LogP contribution in [0.1, 0.15) is 62.9 Å². The number of nitrogens with zero attached hydrogens (tertiary/aromatic N) is 1. The van der Waals surface area contributed by atoms with E-state index < -0.39 is 29.5 Å². The summed E-state index contributed by atoms with van der Waals surface area (Å²) >= 11 is 2.19. The third-order valence-corrected chi connectivity index (χ3v) is 8.18. The van der Waals surface area contributed by atoms with Crippen LogP contribution in [0.4, 0.5) is 0 Å². The Morgan fingerprint density at radius 1 is 1.02 bits per heavy atom. The van der Waals surface area contributed by atoms with Crippen LogP contribution in [0.3, 0.4) is 0 Å². The first-order chi connectivity index (χ1) is 18.9. The smallest absolute Gasteiger partial charge is 0.328 e. The molecule has 9 heteroatoms. The standard InChI is InChI=1S/C31H40IN3O5/c1-20(2)18-24(29(38)40-5)33-30(39)31(3,4)26(19-21-10-7-6-8-11-21)34-27(36)25-12-9-17-35(25)28(37)22-13-15-23(32)16-14-22/h6-8,10-11,13-16,20,24-26H,9,12,17-19H2,1-5H3,(H,33,39)(H,34,36)/t24-,25-,26-/m0/s1. The van der Waals surface area contributed by atoms with Crippen LogP contribution in [0.15, 0.2) is 54.6 Å². The average Bonchev–Trinajstić information content (AvgIpc) is 3.42. The van der Waals surface area contributed by atoms with Crippen LogP contribution < -0.4 is 10.6 Å². The fraction of sp³-hybridized carbons (Fsp3) is 0.484. The predicted octanol–water partition coefficient (Wildman–Crippen LogP) is 4.35. The van der Waals surface area contributed by atoms with Gasteiger partial charge < -0.3 is 20.3 Å². The van der Waals surface area contributed by atoms with Gasteiger partial charge >= 0.3 is 5.97 Å². The number of rotatable bonds is 11. The molecule has 2 N–H and O–H groups in total. The molecule has 0 radical (unpaired) electrons. The van der Waals surface area contributed by atoms with Gasteiger partial charge in [-0.15, -0.1) is 0 Å². The molecule has 0 unspecified atom stereocenters. The highest BCUT2D eigenvalue weighted by molar-refractivity contribution is 14.1. The van der Waals surface area contributed by atoms with Gasteiger partial charge in [0.1, 0.15) is 12.1 Å². The molecule has 0 spiro atoms. The van der Waals surface area contributed by atoms with Crippen LogP contribution in [0, 0.1) is 14.9 Å². The van der Waals surface area contributed by atoms with Gasteiger partial charge in [0.15, 0.2) is 0 Å². The fourth-order valence-electron chi connectivity index (χ4n) is 4.98. The lowest BCUT2D eigenvalue weighted by Gasteiger charge is -2.36. The van der Waals surface area contributed by atoms with Crippen LogP contribution in [-0.2, 0) is 25.5 Å². The molecule has 3 atom stereocenters. The van der Waals surface area contributed by atoms with Crippen molar-refractivity contribution in [1.82, 2.24) is 15.5 Å². The van der Waals surface area contributed by atoms with E-state index in [1.807, 2.05) is 56.3 Å². The molecule has 2 aromatic rings. The molecule has 0 aliphatic carbocycles. The lowest BCUT2D eigenvalue weighted by atomic mass is 9.79. The first-order valence-electron chi connectivity index (χ1n) is 13.7. The van der Waals surface area contributed by atoms with Crippen LogP contribution in [-0.4, -0.2) is 60.4 Å². The van der Waals surface area contributed by atoms with E-state index in [-0.39, 0.29) is 23.6 Å². The highest BCUT2D eigenvalue weighted by Gasteiger charge is 2.42. The SMILES string of the molecule is COC(=O)[C@H](CC(C)C)NC(=O)C(C)(C)[C@H](Cc1ccccc1)NC(=O)[C@@H]1CCCN1C(=O)c1ccc(I)cc1. The molecule has 1 saturated heterocycles. The maximum absolute atomic E-state index is 13.7.